The zero-order valence-corrected chi connectivity index (χ0v) is 15.7. The Morgan fingerprint density at radius 3 is 2.88 bits per heavy atom. The Kier molecular flexibility index (Phi) is 4.63. The lowest BCUT2D eigenvalue weighted by atomic mass is 10.2. The average Bonchev–Trinajstić information content (AvgIpc) is 3.36. The molecule has 130 valence electrons. The lowest BCUT2D eigenvalue weighted by Crippen LogP contribution is -2.18. The summed E-state index contributed by atoms with van der Waals surface area (Å²) in [6.45, 7) is 0.123. The van der Waals surface area contributed by atoms with Gasteiger partial charge in [-0.15, -0.1) is 11.3 Å². The zero-order chi connectivity index (χ0) is 17.9. The molecule has 9 heteroatoms. The molecule has 0 atom stereocenters. The molecule has 0 saturated carbocycles. The van der Waals surface area contributed by atoms with Crippen molar-refractivity contribution in [2.24, 2.45) is 0 Å². The van der Waals surface area contributed by atoms with Crippen molar-refractivity contribution in [1.29, 1.82) is 0 Å². The van der Waals surface area contributed by atoms with Crippen LogP contribution in [-0.2, 0) is 11.3 Å². The zero-order valence-electron chi connectivity index (χ0n) is 13.3. The molecule has 0 aliphatic rings. The van der Waals surface area contributed by atoms with Gasteiger partial charge in [-0.1, -0.05) is 21.1 Å². The lowest BCUT2D eigenvalue weighted by Gasteiger charge is -2.06. The number of aromatic nitrogens is 4. The second-order valence-electron chi connectivity index (χ2n) is 5.34. The first-order chi connectivity index (χ1) is 12.7. The number of hydrogen-bond donors (Lipinski definition) is 1. The summed E-state index contributed by atoms with van der Waals surface area (Å²) < 4.78 is 8.11. The van der Waals surface area contributed by atoms with Gasteiger partial charge >= 0.3 is 0 Å². The number of halogens is 1. The van der Waals surface area contributed by atoms with E-state index < -0.39 is 0 Å². The predicted octanol–water partition coefficient (Wildman–Crippen LogP) is 4.06. The van der Waals surface area contributed by atoms with Crippen LogP contribution in [-0.4, -0.2) is 25.6 Å². The van der Waals surface area contributed by atoms with Crippen LogP contribution in [0.2, 0.25) is 0 Å². The number of amides is 1. The van der Waals surface area contributed by atoms with E-state index in [-0.39, 0.29) is 12.5 Å². The van der Waals surface area contributed by atoms with Crippen molar-refractivity contribution in [1.82, 2.24) is 19.7 Å². The molecule has 0 aliphatic heterocycles. The van der Waals surface area contributed by atoms with E-state index in [1.54, 1.807) is 22.3 Å². The van der Waals surface area contributed by atoms with Crippen LogP contribution in [0.15, 0.2) is 63.2 Å². The SMILES string of the molecule is O=C(Cn1cccc1-c1nc(-c2ccc(Br)cc2)no1)Nc1nccs1. The second-order valence-corrected chi connectivity index (χ2v) is 7.15. The molecule has 0 bridgehead atoms. The van der Waals surface area contributed by atoms with E-state index in [4.69, 9.17) is 4.52 Å². The van der Waals surface area contributed by atoms with Gasteiger partial charge in [0.25, 0.3) is 5.89 Å². The Balaban J connectivity index is 1.53. The summed E-state index contributed by atoms with van der Waals surface area (Å²) in [6.07, 6.45) is 3.43. The molecule has 4 rings (SSSR count). The Labute approximate surface area is 160 Å². The minimum absolute atomic E-state index is 0.123. The molecule has 1 N–H and O–H groups in total. The molecule has 3 heterocycles. The Morgan fingerprint density at radius 1 is 1.27 bits per heavy atom. The van der Waals surface area contributed by atoms with Crippen molar-refractivity contribution in [3.05, 3.63) is 58.6 Å². The topological polar surface area (TPSA) is 85.8 Å². The molecule has 0 radical (unpaired) electrons. The first-order valence-electron chi connectivity index (χ1n) is 7.63. The summed E-state index contributed by atoms with van der Waals surface area (Å²) in [5.41, 5.74) is 1.53. The van der Waals surface area contributed by atoms with Crippen molar-refractivity contribution in [3.8, 4) is 23.0 Å². The maximum atomic E-state index is 12.2. The predicted molar refractivity (Wildman–Crippen MR) is 102 cm³/mol. The summed E-state index contributed by atoms with van der Waals surface area (Å²) in [4.78, 5) is 20.7. The van der Waals surface area contributed by atoms with Crippen molar-refractivity contribution in [2.75, 3.05) is 5.32 Å². The summed E-state index contributed by atoms with van der Waals surface area (Å²) in [5, 5.41) is 9.15. The standard InChI is InChI=1S/C17H12BrN5O2S/c18-12-5-3-11(4-6-12)15-21-16(25-22-15)13-2-1-8-23(13)10-14(24)20-17-19-7-9-26-17/h1-9H,10H2,(H,19,20,24). The number of anilines is 1. The van der Waals surface area contributed by atoms with E-state index in [9.17, 15) is 4.79 Å². The molecule has 0 fully saturated rings. The summed E-state index contributed by atoms with van der Waals surface area (Å²) in [7, 11) is 0. The third kappa shape index (κ3) is 3.58. The smallest absolute Gasteiger partial charge is 0.274 e. The highest BCUT2D eigenvalue weighted by Gasteiger charge is 2.15. The van der Waals surface area contributed by atoms with Crippen LogP contribution >= 0.6 is 27.3 Å². The highest BCUT2D eigenvalue weighted by atomic mass is 79.9. The van der Waals surface area contributed by atoms with Gasteiger partial charge in [-0.25, -0.2) is 4.98 Å². The molecule has 0 unspecified atom stereocenters. The van der Waals surface area contributed by atoms with Gasteiger partial charge < -0.3 is 14.4 Å². The Hall–Kier alpha value is -2.78. The van der Waals surface area contributed by atoms with Crippen LogP contribution in [0.5, 0.6) is 0 Å². The molecule has 4 aromatic rings. The van der Waals surface area contributed by atoms with Crippen molar-refractivity contribution in [3.63, 3.8) is 0 Å². The minimum atomic E-state index is -0.176. The van der Waals surface area contributed by atoms with Crippen LogP contribution in [0.4, 0.5) is 5.13 Å². The highest BCUT2D eigenvalue weighted by molar-refractivity contribution is 9.10. The maximum Gasteiger partial charge on any atom is 0.274 e. The molecule has 26 heavy (non-hydrogen) atoms. The number of carbonyl (C=O) groups excluding carboxylic acids is 1. The number of benzene rings is 1. The largest absolute Gasteiger partial charge is 0.334 e. The van der Waals surface area contributed by atoms with Crippen molar-refractivity contribution in [2.45, 2.75) is 6.54 Å². The molecule has 0 spiro atoms. The first kappa shape index (κ1) is 16.7. The fourth-order valence-corrected chi connectivity index (χ4v) is 3.20. The van der Waals surface area contributed by atoms with Gasteiger partial charge in [0.2, 0.25) is 11.7 Å². The van der Waals surface area contributed by atoms with Crippen LogP contribution < -0.4 is 5.32 Å². The van der Waals surface area contributed by atoms with Gasteiger partial charge in [0, 0.05) is 27.8 Å². The first-order valence-corrected chi connectivity index (χ1v) is 9.31. The number of hydrogen-bond acceptors (Lipinski definition) is 6. The molecule has 0 saturated heterocycles. The van der Waals surface area contributed by atoms with Crippen molar-refractivity contribution >= 4 is 38.3 Å². The van der Waals surface area contributed by atoms with E-state index in [1.807, 2.05) is 36.4 Å². The molecular formula is C17H12BrN5O2S. The third-order valence-electron chi connectivity index (χ3n) is 3.57. The summed E-state index contributed by atoms with van der Waals surface area (Å²) in [6, 6.07) is 11.3. The van der Waals surface area contributed by atoms with E-state index in [1.165, 1.54) is 11.3 Å². The van der Waals surface area contributed by atoms with Gasteiger partial charge in [0.15, 0.2) is 5.13 Å². The summed E-state index contributed by atoms with van der Waals surface area (Å²) in [5.74, 6) is 0.674. The summed E-state index contributed by atoms with van der Waals surface area (Å²) >= 11 is 4.77. The van der Waals surface area contributed by atoms with E-state index in [2.05, 4.69) is 36.4 Å². The van der Waals surface area contributed by atoms with Gasteiger partial charge in [-0.3, -0.25) is 4.79 Å². The van der Waals surface area contributed by atoms with Gasteiger partial charge in [0.1, 0.15) is 12.2 Å². The highest BCUT2D eigenvalue weighted by Crippen LogP contribution is 2.24. The molecule has 1 amide bonds. The number of nitrogens with zero attached hydrogens (tertiary/aromatic N) is 4. The average molecular weight is 430 g/mol. The van der Waals surface area contributed by atoms with Crippen LogP contribution in [0.1, 0.15) is 0 Å². The van der Waals surface area contributed by atoms with Gasteiger partial charge in [-0.2, -0.15) is 4.98 Å². The number of rotatable bonds is 5. The number of nitrogens with one attached hydrogen (secondary N) is 1. The molecule has 1 aromatic carbocycles. The van der Waals surface area contributed by atoms with E-state index >= 15 is 0 Å². The van der Waals surface area contributed by atoms with E-state index in [0.717, 1.165) is 10.0 Å². The van der Waals surface area contributed by atoms with Crippen LogP contribution in [0.25, 0.3) is 23.0 Å². The number of thiazole rings is 1. The maximum absolute atomic E-state index is 12.2. The van der Waals surface area contributed by atoms with Crippen LogP contribution in [0, 0.1) is 0 Å². The van der Waals surface area contributed by atoms with Crippen molar-refractivity contribution < 1.29 is 9.32 Å². The van der Waals surface area contributed by atoms with Gasteiger partial charge in [0.05, 0.1) is 0 Å². The lowest BCUT2D eigenvalue weighted by molar-refractivity contribution is -0.116. The Bertz CT molecular complexity index is 1020. The fraction of sp³-hybridized carbons (Fsp3) is 0.0588. The van der Waals surface area contributed by atoms with Gasteiger partial charge in [-0.05, 0) is 36.4 Å². The molecule has 7 nitrogen and oxygen atoms in total. The fourth-order valence-electron chi connectivity index (χ4n) is 2.39. The normalized spacial score (nSPS) is 10.8. The molecular weight excluding hydrogens is 418 g/mol. The molecule has 3 aromatic heterocycles. The van der Waals surface area contributed by atoms with Crippen LogP contribution in [0.3, 0.4) is 0 Å². The molecule has 0 aliphatic carbocycles. The third-order valence-corrected chi connectivity index (χ3v) is 4.79. The minimum Gasteiger partial charge on any atom is -0.334 e. The Morgan fingerprint density at radius 2 is 2.12 bits per heavy atom. The second kappa shape index (κ2) is 7.22. The monoisotopic (exact) mass is 429 g/mol. The quantitative estimate of drug-likeness (QED) is 0.516. The number of carbonyl (C=O) groups is 1. The van der Waals surface area contributed by atoms with E-state index in [0.29, 0.717) is 22.5 Å².